The SMILES string of the molecule is CCCNC(C)CCCS(=O)(=O)CC. The van der Waals surface area contributed by atoms with Gasteiger partial charge in [0.2, 0.25) is 0 Å². The molecule has 0 radical (unpaired) electrons. The zero-order valence-corrected chi connectivity index (χ0v) is 10.4. The van der Waals surface area contributed by atoms with Crippen LogP contribution in [0.15, 0.2) is 0 Å². The van der Waals surface area contributed by atoms with E-state index in [1.165, 1.54) is 0 Å². The van der Waals surface area contributed by atoms with Gasteiger partial charge in [0, 0.05) is 11.8 Å². The topological polar surface area (TPSA) is 46.2 Å². The van der Waals surface area contributed by atoms with E-state index in [9.17, 15) is 8.42 Å². The molecule has 1 N–H and O–H groups in total. The van der Waals surface area contributed by atoms with Crippen molar-refractivity contribution in [3.8, 4) is 0 Å². The highest BCUT2D eigenvalue weighted by atomic mass is 32.2. The minimum Gasteiger partial charge on any atom is -0.314 e. The van der Waals surface area contributed by atoms with Crippen molar-refractivity contribution in [2.75, 3.05) is 18.1 Å². The lowest BCUT2D eigenvalue weighted by molar-refractivity contribution is 0.506. The molecule has 0 aromatic heterocycles. The van der Waals surface area contributed by atoms with Crippen molar-refractivity contribution >= 4 is 9.84 Å². The number of hydrogen-bond acceptors (Lipinski definition) is 3. The van der Waals surface area contributed by atoms with Gasteiger partial charge in [0.15, 0.2) is 0 Å². The Bertz CT molecular complexity index is 224. The summed E-state index contributed by atoms with van der Waals surface area (Å²) in [5.74, 6) is 0.603. The smallest absolute Gasteiger partial charge is 0.150 e. The Hall–Kier alpha value is -0.0900. The Labute approximate surface area is 88.2 Å². The van der Waals surface area contributed by atoms with Gasteiger partial charge in [0.25, 0.3) is 0 Å². The van der Waals surface area contributed by atoms with E-state index in [1.807, 2.05) is 0 Å². The van der Waals surface area contributed by atoms with Gasteiger partial charge in [-0.1, -0.05) is 13.8 Å². The van der Waals surface area contributed by atoms with Crippen LogP contribution in [0.5, 0.6) is 0 Å². The van der Waals surface area contributed by atoms with Crippen molar-refractivity contribution in [2.24, 2.45) is 0 Å². The molecule has 0 fully saturated rings. The summed E-state index contributed by atoms with van der Waals surface area (Å²) in [4.78, 5) is 0. The molecule has 0 aliphatic rings. The quantitative estimate of drug-likeness (QED) is 0.677. The average molecular weight is 221 g/mol. The molecular formula is C10H23NO2S. The minimum absolute atomic E-state index is 0.268. The molecule has 0 aromatic rings. The average Bonchev–Trinajstić information content (AvgIpc) is 2.14. The second-order valence-corrected chi connectivity index (χ2v) is 6.21. The first-order valence-electron chi connectivity index (χ1n) is 5.45. The van der Waals surface area contributed by atoms with E-state index >= 15 is 0 Å². The van der Waals surface area contributed by atoms with E-state index < -0.39 is 9.84 Å². The fraction of sp³-hybridized carbons (Fsp3) is 1.00. The second-order valence-electron chi connectivity index (χ2n) is 3.73. The molecule has 86 valence electrons. The largest absolute Gasteiger partial charge is 0.314 e. The number of rotatable bonds is 8. The molecule has 0 spiro atoms. The lowest BCUT2D eigenvalue weighted by Gasteiger charge is -2.12. The number of hydrogen-bond donors (Lipinski definition) is 1. The first-order chi connectivity index (χ1) is 6.52. The Morgan fingerprint density at radius 1 is 1.29 bits per heavy atom. The van der Waals surface area contributed by atoms with Crippen LogP contribution in [-0.4, -0.2) is 32.5 Å². The Morgan fingerprint density at radius 3 is 2.43 bits per heavy atom. The van der Waals surface area contributed by atoms with Crippen molar-refractivity contribution in [2.45, 2.75) is 46.1 Å². The van der Waals surface area contributed by atoms with Crippen LogP contribution in [0.2, 0.25) is 0 Å². The Morgan fingerprint density at radius 2 is 1.93 bits per heavy atom. The van der Waals surface area contributed by atoms with E-state index in [1.54, 1.807) is 6.92 Å². The minimum atomic E-state index is -2.76. The maximum Gasteiger partial charge on any atom is 0.150 e. The Balaban J connectivity index is 3.54. The molecule has 1 unspecified atom stereocenters. The van der Waals surface area contributed by atoms with Gasteiger partial charge in [-0.2, -0.15) is 0 Å². The number of nitrogens with one attached hydrogen (secondary N) is 1. The molecular weight excluding hydrogens is 198 g/mol. The predicted molar refractivity (Wildman–Crippen MR) is 61.3 cm³/mol. The van der Waals surface area contributed by atoms with Gasteiger partial charge in [-0.05, 0) is 32.7 Å². The molecule has 14 heavy (non-hydrogen) atoms. The van der Waals surface area contributed by atoms with Crippen LogP contribution in [0.25, 0.3) is 0 Å². The lowest BCUT2D eigenvalue weighted by atomic mass is 10.2. The summed E-state index contributed by atoms with van der Waals surface area (Å²) in [6, 6.07) is 0.432. The molecule has 0 rings (SSSR count). The molecule has 0 aliphatic carbocycles. The summed E-state index contributed by atoms with van der Waals surface area (Å²) in [5.41, 5.74) is 0. The van der Waals surface area contributed by atoms with Gasteiger partial charge >= 0.3 is 0 Å². The molecule has 0 aliphatic heterocycles. The molecule has 1 atom stereocenters. The highest BCUT2D eigenvalue weighted by Gasteiger charge is 2.08. The van der Waals surface area contributed by atoms with Crippen LogP contribution in [0.1, 0.15) is 40.0 Å². The van der Waals surface area contributed by atoms with Crippen LogP contribution < -0.4 is 5.32 Å². The second kappa shape index (κ2) is 7.23. The maximum atomic E-state index is 11.2. The van der Waals surface area contributed by atoms with Crippen LogP contribution >= 0.6 is 0 Å². The van der Waals surface area contributed by atoms with E-state index in [4.69, 9.17) is 0 Å². The van der Waals surface area contributed by atoms with Gasteiger partial charge < -0.3 is 5.32 Å². The Kier molecular flexibility index (Phi) is 7.19. The number of sulfone groups is 1. The van der Waals surface area contributed by atoms with Crippen molar-refractivity contribution in [1.29, 1.82) is 0 Å². The monoisotopic (exact) mass is 221 g/mol. The van der Waals surface area contributed by atoms with Crippen LogP contribution in [0.4, 0.5) is 0 Å². The molecule has 0 amide bonds. The van der Waals surface area contributed by atoms with Gasteiger partial charge in [-0.15, -0.1) is 0 Å². The molecule has 0 saturated heterocycles. The first-order valence-corrected chi connectivity index (χ1v) is 7.27. The molecule has 0 saturated carbocycles. The van der Waals surface area contributed by atoms with Crippen LogP contribution in [0.3, 0.4) is 0 Å². The molecule has 3 nitrogen and oxygen atoms in total. The fourth-order valence-corrected chi connectivity index (χ4v) is 2.14. The zero-order chi connectivity index (χ0) is 11.0. The normalized spacial score (nSPS) is 14.2. The van der Waals surface area contributed by atoms with Crippen LogP contribution in [0, 0.1) is 0 Å². The summed E-state index contributed by atoms with van der Waals surface area (Å²) in [6.07, 6.45) is 2.84. The van der Waals surface area contributed by atoms with Crippen molar-refractivity contribution < 1.29 is 8.42 Å². The zero-order valence-electron chi connectivity index (χ0n) is 9.54. The van der Waals surface area contributed by atoms with Gasteiger partial charge in [-0.25, -0.2) is 8.42 Å². The van der Waals surface area contributed by atoms with Gasteiger partial charge in [0.1, 0.15) is 9.84 Å². The molecule has 0 aromatic carbocycles. The highest BCUT2D eigenvalue weighted by Crippen LogP contribution is 2.01. The fourth-order valence-electron chi connectivity index (χ4n) is 1.25. The van der Waals surface area contributed by atoms with E-state index in [-0.39, 0.29) is 5.75 Å². The van der Waals surface area contributed by atoms with E-state index in [0.717, 1.165) is 25.8 Å². The standard InChI is InChI=1S/C10H23NO2S/c1-4-8-11-10(3)7-6-9-14(12,13)5-2/h10-11H,4-9H2,1-3H3. The summed E-state index contributed by atoms with van der Waals surface area (Å²) in [7, 11) is -2.76. The summed E-state index contributed by atoms with van der Waals surface area (Å²) >= 11 is 0. The van der Waals surface area contributed by atoms with Gasteiger partial charge in [0.05, 0.1) is 5.75 Å². The van der Waals surface area contributed by atoms with Crippen molar-refractivity contribution in [3.63, 3.8) is 0 Å². The van der Waals surface area contributed by atoms with Gasteiger partial charge in [-0.3, -0.25) is 0 Å². The van der Waals surface area contributed by atoms with Crippen molar-refractivity contribution in [1.82, 2.24) is 5.32 Å². The van der Waals surface area contributed by atoms with E-state index in [2.05, 4.69) is 19.2 Å². The van der Waals surface area contributed by atoms with Crippen LogP contribution in [-0.2, 0) is 9.84 Å². The summed E-state index contributed by atoms with van der Waals surface area (Å²) in [5, 5.41) is 3.34. The summed E-state index contributed by atoms with van der Waals surface area (Å²) in [6.45, 7) is 6.95. The molecule has 4 heteroatoms. The molecule has 0 bridgehead atoms. The highest BCUT2D eigenvalue weighted by molar-refractivity contribution is 7.91. The maximum absolute atomic E-state index is 11.2. The van der Waals surface area contributed by atoms with Crippen molar-refractivity contribution in [3.05, 3.63) is 0 Å². The third kappa shape index (κ3) is 7.33. The lowest BCUT2D eigenvalue weighted by Crippen LogP contribution is -2.27. The molecule has 0 heterocycles. The predicted octanol–water partition coefficient (Wildman–Crippen LogP) is 1.59. The third-order valence-electron chi connectivity index (χ3n) is 2.28. The summed E-state index contributed by atoms with van der Waals surface area (Å²) < 4.78 is 22.3. The van der Waals surface area contributed by atoms with E-state index in [0.29, 0.717) is 11.8 Å². The first kappa shape index (κ1) is 13.9. The third-order valence-corrected chi connectivity index (χ3v) is 4.07.